The van der Waals surface area contributed by atoms with Crippen molar-refractivity contribution >= 4 is 5.91 Å². The number of hydrogen-bond acceptors (Lipinski definition) is 8. The molecular weight excluding hydrogens is 520 g/mol. The second-order valence-electron chi connectivity index (χ2n) is 10.7. The number of rotatable bonds is 7. The minimum atomic E-state index is -0.138. The van der Waals surface area contributed by atoms with E-state index in [1.165, 1.54) is 0 Å². The van der Waals surface area contributed by atoms with Crippen molar-refractivity contribution in [3.63, 3.8) is 0 Å². The van der Waals surface area contributed by atoms with Crippen LogP contribution in [0, 0.1) is 0 Å². The van der Waals surface area contributed by atoms with Gasteiger partial charge in [-0.15, -0.1) is 0 Å². The molecule has 41 heavy (non-hydrogen) atoms. The molecule has 1 amide bonds. The van der Waals surface area contributed by atoms with Gasteiger partial charge in [0.15, 0.2) is 11.5 Å². The molecule has 2 aromatic carbocycles. The number of carbonyl (C=O) groups is 1. The predicted octanol–water partition coefficient (Wildman–Crippen LogP) is 4.01. The van der Waals surface area contributed by atoms with Gasteiger partial charge in [0, 0.05) is 52.6 Å². The molecule has 0 radical (unpaired) electrons. The van der Waals surface area contributed by atoms with Crippen molar-refractivity contribution in [2.24, 2.45) is 0 Å². The Morgan fingerprint density at radius 3 is 2.78 bits per heavy atom. The maximum Gasteiger partial charge on any atom is 0.234 e. The zero-order chi connectivity index (χ0) is 28.4. The molecule has 9 nitrogen and oxygen atoms in total. The summed E-state index contributed by atoms with van der Waals surface area (Å²) in [5, 5.41) is 3.33. The maximum atomic E-state index is 13.5. The lowest BCUT2D eigenvalue weighted by Gasteiger charge is -2.39. The fourth-order valence-electron chi connectivity index (χ4n) is 5.49. The highest BCUT2D eigenvalue weighted by Crippen LogP contribution is 2.33. The number of carbonyl (C=O) groups excluding carboxylic acids is 1. The average Bonchev–Trinajstić information content (AvgIpc) is 2.97. The van der Waals surface area contributed by atoms with Gasteiger partial charge < -0.3 is 24.3 Å². The zero-order valence-corrected chi connectivity index (χ0v) is 24.0. The summed E-state index contributed by atoms with van der Waals surface area (Å²) in [6.45, 7) is 4.95. The summed E-state index contributed by atoms with van der Waals surface area (Å²) < 4.78 is 23.6. The molecule has 0 aliphatic carbocycles. The van der Waals surface area contributed by atoms with Gasteiger partial charge in [0.25, 0.3) is 0 Å². The van der Waals surface area contributed by atoms with Crippen LogP contribution < -0.4 is 14.8 Å². The summed E-state index contributed by atoms with van der Waals surface area (Å²) in [5.74, 6) is 2.00. The fourth-order valence-corrected chi connectivity index (χ4v) is 5.49. The number of methoxy groups -OCH3 is 2. The normalized spacial score (nSPS) is 20.5. The smallest absolute Gasteiger partial charge is 0.234 e. The van der Waals surface area contributed by atoms with E-state index in [0.29, 0.717) is 37.8 Å². The number of aromatic nitrogens is 1. The first kappa shape index (κ1) is 29.0. The number of pyridine rings is 1. The summed E-state index contributed by atoms with van der Waals surface area (Å²) in [6, 6.07) is 19.7. The van der Waals surface area contributed by atoms with E-state index in [0.717, 1.165) is 55.0 Å². The number of fused-ring (bicyclic) bond motifs is 5. The molecule has 0 spiro atoms. The Morgan fingerprint density at radius 1 is 1.02 bits per heavy atom. The van der Waals surface area contributed by atoms with Crippen LogP contribution in [0.15, 0.2) is 66.9 Å². The third-order valence-corrected chi connectivity index (χ3v) is 7.51. The number of likely N-dealkylation sites (tertiary alicyclic amines) is 1. The van der Waals surface area contributed by atoms with Crippen LogP contribution in [0.25, 0.3) is 0 Å². The first-order valence-corrected chi connectivity index (χ1v) is 14.3. The summed E-state index contributed by atoms with van der Waals surface area (Å²) in [7, 11) is 3.33. The summed E-state index contributed by atoms with van der Waals surface area (Å²) in [4.78, 5) is 22.5. The van der Waals surface area contributed by atoms with E-state index in [2.05, 4.69) is 20.1 Å². The van der Waals surface area contributed by atoms with Gasteiger partial charge in [-0.3, -0.25) is 19.6 Å². The number of benzene rings is 2. The van der Waals surface area contributed by atoms with E-state index in [1.807, 2.05) is 66.9 Å². The van der Waals surface area contributed by atoms with Crippen molar-refractivity contribution in [1.29, 1.82) is 0 Å². The van der Waals surface area contributed by atoms with E-state index in [4.69, 9.17) is 18.9 Å². The van der Waals surface area contributed by atoms with Crippen LogP contribution in [0.3, 0.4) is 0 Å². The highest BCUT2D eigenvalue weighted by Gasteiger charge is 2.32. The summed E-state index contributed by atoms with van der Waals surface area (Å²) in [5.41, 5.74) is 3.07. The Kier molecular flexibility index (Phi) is 10.2. The van der Waals surface area contributed by atoms with Gasteiger partial charge in [-0.1, -0.05) is 24.3 Å². The number of piperidine rings is 1. The van der Waals surface area contributed by atoms with E-state index < -0.39 is 0 Å². The average molecular weight is 561 g/mol. The van der Waals surface area contributed by atoms with E-state index in [-0.39, 0.29) is 24.6 Å². The van der Waals surface area contributed by atoms with Gasteiger partial charge in [-0.05, 0) is 60.4 Å². The van der Waals surface area contributed by atoms with Crippen LogP contribution in [0.2, 0.25) is 0 Å². The molecule has 2 atom stereocenters. The number of nitrogens with one attached hydrogen (secondary N) is 1. The molecule has 5 rings (SSSR count). The largest absolute Gasteiger partial charge is 0.493 e. The number of nitrogens with zero attached hydrogens (tertiary/aromatic N) is 3. The Morgan fingerprint density at radius 2 is 1.95 bits per heavy atom. The number of ether oxygens (including phenoxy) is 4. The predicted molar refractivity (Wildman–Crippen MR) is 156 cm³/mol. The van der Waals surface area contributed by atoms with Crippen molar-refractivity contribution in [3.05, 3.63) is 83.7 Å². The van der Waals surface area contributed by atoms with Crippen LogP contribution in [0.4, 0.5) is 0 Å². The summed E-state index contributed by atoms with van der Waals surface area (Å²) >= 11 is 0. The maximum absolute atomic E-state index is 13.5. The lowest BCUT2D eigenvalue weighted by Crippen LogP contribution is -2.57. The molecule has 1 fully saturated rings. The van der Waals surface area contributed by atoms with Crippen LogP contribution in [0.1, 0.15) is 29.7 Å². The Balaban J connectivity index is 1.40. The third-order valence-electron chi connectivity index (χ3n) is 7.51. The minimum Gasteiger partial charge on any atom is -0.493 e. The summed E-state index contributed by atoms with van der Waals surface area (Å²) in [6.07, 6.45) is 3.35. The first-order chi connectivity index (χ1) is 20.1. The number of hydrogen-bond donors (Lipinski definition) is 1. The van der Waals surface area contributed by atoms with Crippen LogP contribution in [-0.4, -0.2) is 79.8 Å². The van der Waals surface area contributed by atoms with Crippen molar-refractivity contribution in [2.75, 3.05) is 47.0 Å². The van der Waals surface area contributed by atoms with E-state index in [9.17, 15) is 4.79 Å². The van der Waals surface area contributed by atoms with Gasteiger partial charge in [0.1, 0.15) is 5.75 Å². The van der Waals surface area contributed by atoms with Crippen LogP contribution >= 0.6 is 0 Å². The zero-order valence-electron chi connectivity index (χ0n) is 24.0. The van der Waals surface area contributed by atoms with Gasteiger partial charge in [0.05, 0.1) is 38.1 Å². The molecule has 1 saturated heterocycles. The van der Waals surface area contributed by atoms with E-state index >= 15 is 0 Å². The molecule has 3 aromatic rings. The van der Waals surface area contributed by atoms with Gasteiger partial charge in [-0.2, -0.15) is 0 Å². The lowest BCUT2D eigenvalue weighted by atomic mass is 10.0. The molecule has 2 aliphatic heterocycles. The van der Waals surface area contributed by atoms with Crippen molar-refractivity contribution < 1.29 is 23.7 Å². The quantitative estimate of drug-likeness (QED) is 0.434. The van der Waals surface area contributed by atoms with Crippen LogP contribution in [-0.2, 0) is 34.0 Å². The fraction of sp³-hybridized carbons (Fsp3) is 0.438. The molecule has 218 valence electrons. The molecule has 4 bridgehead atoms. The highest BCUT2D eigenvalue weighted by molar-refractivity contribution is 5.78. The molecule has 0 saturated carbocycles. The van der Waals surface area contributed by atoms with E-state index in [1.54, 1.807) is 14.2 Å². The second kappa shape index (κ2) is 14.4. The van der Waals surface area contributed by atoms with Crippen molar-refractivity contribution in [1.82, 2.24) is 20.1 Å². The monoisotopic (exact) mass is 560 g/mol. The Bertz CT molecular complexity index is 1270. The van der Waals surface area contributed by atoms with Crippen LogP contribution in [0.5, 0.6) is 17.2 Å². The Labute approximate surface area is 242 Å². The molecule has 0 unspecified atom stereocenters. The minimum absolute atomic E-state index is 0.0141. The van der Waals surface area contributed by atoms with Crippen molar-refractivity contribution in [2.45, 2.75) is 44.7 Å². The molecule has 1 N–H and O–H groups in total. The van der Waals surface area contributed by atoms with Gasteiger partial charge >= 0.3 is 0 Å². The molecule has 2 aliphatic rings. The Hall–Kier alpha value is -3.50. The molecule has 1 aromatic heterocycles. The van der Waals surface area contributed by atoms with Gasteiger partial charge in [0.2, 0.25) is 5.91 Å². The standard InChI is InChI=1S/C32H40N4O5/c1-38-16-6-14-35-19-24-10-11-30(39-2)31(18-24)41-27-9-5-7-25(17-27)23-40-29-12-15-36(20-26-8-3-4-13-33-26)21-28(29)34-32(37)22-35/h3-5,7-11,13,17-18,28-29H,6,12,14-16,19-23H2,1-2H3,(H,34,37)/t28-,29+/m1/s1. The lowest BCUT2D eigenvalue weighted by molar-refractivity contribution is -0.125. The number of amides is 1. The van der Waals surface area contributed by atoms with Crippen molar-refractivity contribution in [3.8, 4) is 17.2 Å². The molecular formula is C32H40N4O5. The molecule has 9 heteroatoms. The topological polar surface area (TPSA) is 85.4 Å². The first-order valence-electron chi connectivity index (χ1n) is 14.3. The van der Waals surface area contributed by atoms with Gasteiger partial charge in [-0.25, -0.2) is 0 Å². The SMILES string of the molecule is COCCCN1CC(=O)N[C@@H]2CN(Cc3ccccn3)CC[C@@H]2OCc2cccc(c2)Oc2cc(ccc2OC)C1. The second-order valence-corrected chi connectivity index (χ2v) is 10.7. The molecule has 3 heterocycles. The highest BCUT2D eigenvalue weighted by atomic mass is 16.5. The third kappa shape index (κ3) is 8.27.